The minimum atomic E-state index is -0.132. The molecular weight excluding hydrogens is 391 g/mol. The Balaban J connectivity index is 1.42. The van der Waals surface area contributed by atoms with Gasteiger partial charge in [-0.15, -0.1) is 0 Å². The lowest BCUT2D eigenvalue weighted by atomic mass is 9.96. The lowest BCUT2D eigenvalue weighted by Crippen LogP contribution is -1.94. The number of halogens is 1. The van der Waals surface area contributed by atoms with Crippen LogP contribution in [0.2, 0.25) is 0 Å². The zero-order chi connectivity index (χ0) is 22.3. The molecule has 0 atom stereocenters. The molecule has 4 rings (SSSR count). The molecule has 32 heavy (non-hydrogen) atoms. The Bertz CT molecular complexity index is 1150. The van der Waals surface area contributed by atoms with Crippen LogP contribution in [0, 0.1) is 12.7 Å². The van der Waals surface area contributed by atoms with E-state index < -0.39 is 0 Å². The summed E-state index contributed by atoms with van der Waals surface area (Å²) in [7, 11) is 0. The third-order valence-electron chi connectivity index (χ3n) is 6.43. The van der Waals surface area contributed by atoms with E-state index in [2.05, 4.69) is 43.3 Å². The third-order valence-corrected chi connectivity index (χ3v) is 6.43. The minimum absolute atomic E-state index is 0.132. The van der Waals surface area contributed by atoms with Crippen LogP contribution >= 0.6 is 0 Å². The first-order chi connectivity index (χ1) is 15.6. The van der Waals surface area contributed by atoms with Crippen molar-refractivity contribution in [2.75, 3.05) is 0 Å². The summed E-state index contributed by atoms with van der Waals surface area (Å²) >= 11 is 0. The second kappa shape index (κ2) is 10.6. The summed E-state index contributed by atoms with van der Waals surface area (Å²) in [6.07, 6.45) is 8.38. The molecule has 0 heterocycles. The number of benzene rings is 4. The van der Waals surface area contributed by atoms with Gasteiger partial charge >= 0.3 is 0 Å². The van der Waals surface area contributed by atoms with Crippen LogP contribution in [-0.4, -0.2) is 0 Å². The highest BCUT2D eigenvalue weighted by atomic mass is 19.1. The molecule has 0 aliphatic rings. The predicted octanol–water partition coefficient (Wildman–Crippen LogP) is 8.86. The van der Waals surface area contributed by atoms with Crippen LogP contribution in [0.5, 0.6) is 0 Å². The van der Waals surface area contributed by atoms with Crippen LogP contribution in [0.25, 0.3) is 21.9 Å². The van der Waals surface area contributed by atoms with Gasteiger partial charge in [0, 0.05) is 10.9 Å². The molecule has 4 aromatic carbocycles. The first kappa shape index (κ1) is 22.3. The van der Waals surface area contributed by atoms with E-state index in [1.165, 1.54) is 54.4 Å². The molecule has 0 radical (unpaired) electrons. The van der Waals surface area contributed by atoms with Gasteiger partial charge in [0.1, 0.15) is 5.82 Å². The topological polar surface area (TPSA) is 0 Å². The molecule has 0 amide bonds. The molecule has 0 saturated heterocycles. The van der Waals surface area contributed by atoms with Crippen LogP contribution in [0.15, 0.2) is 78.9 Å². The maximum atomic E-state index is 15.2. The summed E-state index contributed by atoms with van der Waals surface area (Å²) in [6.45, 7) is 4.30. The van der Waals surface area contributed by atoms with Crippen molar-refractivity contribution in [3.8, 4) is 11.1 Å². The molecule has 1 heteroatoms. The van der Waals surface area contributed by atoms with Crippen LogP contribution in [0.3, 0.4) is 0 Å². The molecule has 0 bridgehead atoms. The van der Waals surface area contributed by atoms with Crippen molar-refractivity contribution in [3.05, 3.63) is 107 Å². The molecule has 0 fully saturated rings. The highest BCUT2D eigenvalue weighted by Gasteiger charge is 2.10. The van der Waals surface area contributed by atoms with Gasteiger partial charge in [-0.2, -0.15) is 0 Å². The normalized spacial score (nSPS) is 11.2. The molecule has 0 unspecified atom stereocenters. The van der Waals surface area contributed by atoms with E-state index in [9.17, 15) is 0 Å². The molecule has 164 valence electrons. The fourth-order valence-electron chi connectivity index (χ4n) is 4.37. The van der Waals surface area contributed by atoms with E-state index in [0.29, 0.717) is 10.9 Å². The Kier molecular flexibility index (Phi) is 7.37. The Morgan fingerprint density at radius 2 is 1.28 bits per heavy atom. The van der Waals surface area contributed by atoms with Gasteiger partial charge in [-0.25, -0.2) is 4.39 Å². The van der Waals surface area contributed by atoms with E-state index >= 15 is 4.39 Å². The third kappa shape index (κ3) is 5.46. The van der Waals surface area contributed by atoms with Gasteiger partial charge in [0.05, 0.1) is 0 Å². The summed E-state index contributed by atoms with van der Waals surface area (Å²) < 4.78 is 15.2. The molecule has 0 nitrogen and oxygen atoms in total. The van der Waals surface area contributed by atoms with Crippen molar-refractivity contribution in [2.45, 2.75) is 58.8 Å². The van der Waals surface area contributed by atoms with E-state index in [-0.39, 0.29) is 5.82 Å². The zero-order valence-electron chi connectivity index (χ0n) is 19.3. The molecule has 0 spiro atoms. The van der Waals surface area contributed by atoms with Crippen molar-refractivity contribution in [2.24, 2.45) is 0 Å². The van der Waals surface area contributed by atoms with Crippen LogP contribution in [0.1, 0.15) is 54.9 Å². The SMILES string of the molecule is CCCCCCc1ccc(CCc2ccc3c(F)c(-c4ccc(C)cc4)ccc3c2)cc1. The predicted molar refractivity (Wildman–Crippen MR) is 136 cm³/mol. The van der Waals surface area contributed by atoms with Gasteiger partial charge in [0.15, 0.2) is 0 Å². The molecule has 0 aliphatic carbocycles. The fourth-order valence-corrected chi connectivity index (χ4v) is 4.37. The Hall–Kier alpha value is -2.93. The summed E-state index contributed by atoms with van der Waals surface area (Å²) in [6, 6.07) is 27.2. The number of hydrogen-bond acceptors (Lipinski definition) is 0. The number of aryl methyl sites for hydroxylation is 4. The second-order valence-corrected chi connectivity index (χ2v) is 8.98. The standard InChI is InChI=1S/C31H33F/c1-3-4-5-6-7-24-10-12-25(13-11-24)14-15-26-16-20-30-28(22-26)19-21-29(31(30)32)27-17-8-23(2)9-18-27/h8-13,16-22H,3-7,14-15H2,1-2H3. The van der Waals surface area contributed by atoms with Crippen molar-refractivity contribution in [1.82, 2.24) is 0 Å². The van der Waals surface area contributed by atoms with Gasteiger partial charge in [0.2, 0.25) is 0 Å². The fraction of sp³-hybridized carbons (Fsp3) is 0.290. The van der Waals surface area contributed by atoms with E-state index in [0.717, 1.165) is 23.8 Å². The Morgan fingerprint density at radius 1 is 0.625 bits per heavy atom. The summed E-state index contributed by atoms with van der Waals surface area (Å²) in [5, 5.41) is 1.66. The molecule has 4 aromatic rings. The lowest BCUT2D eigenvalue weighted by molar-refractivity contribution is 0.643. The molecule has 0 aliphatic heterocycles. The van der Waals surface area contributed by atoms with Crippen molar-refractivity contribution < 1.29 is 4.39 Å². The first-order valence-electron chi connectivity index (χ1n) is 12.0. The van der Waals surface area contributed by atoms with Gasteiger partial charge in [-0.05, 0) is 60.2 Å². The summed E-state index contributed by atoms with van der Waals surface area (Å²) in [5.41, 5.74) is 6.83. The number of rotatable bonds is 9. The number of fused-ring (bicyclic) bond motifs is 1. The monoisotopic (exact) mass is 424 g/mol. The number of unbranched alkanes of at least 4 members (excludes halogenated alkanes) is 3. The highest BCUT2D eigenvalue weighted by Crippen LogP contribution is 2.30. The summed E-state index contributed by atoms with van der Waals surface area (Å²) in [4.78, 5) is 0. The van der Waals surface area contributed by atoms with Gasteiger partial charge in [-0.3, -0.25) is 0 Å². The van der Waals surface area contributed by atoms with E-state index in [4.69, 9.17) is 0 Å². The van der Waals surface area contributed by atoms with Crippen molar-refractivity contribution >= 4 is 10.8 Å². The largest absolute Gasteiger partial charge is 0.206 e. The highest BCUT2D eigenvalue weighted by molar-refractivity contribution is 5.88. The van der Waals surface area contributed by atoms with Crippen molar-refractivity contribution in [3.63, 3.8) is 0 Å². The van der Waals surface area contributed by atoms with Gasteiger partial charge in [-0.1, -0.05) is 111 Å². The van der Waals surface area contributed by atoms with Crippen LogP contribution in [0.4, 0.5) is 4.39 Å². The smallest absolute Gasteiger partial charge is 0.138 e. The zero-order valence-corrected chi connectivity index (χ0v) is 19.3. The summed E-state index contributed by atoms with van der Waals surface area (Å²) in [5.74, 6) is -0.132. The first-order valence-corrected chi connectivity index (χ1v) is 12.0. The Labute approximate surface area is 192 Å². The molecule has 0 saturated carbocycles. The van der Waals surface area contributed by atoms with Crippen LogP contribution in [-0.2, 0) is 19.3 Å². The average molecular weight is 425 g/mol. The number of hydrogen-bond donors (Lipinski definition) is 0. The molecule has 0 aromatic heterocycles. The van der Waals surface area contributed by atoms with Crippen molar-refractivity contribution in [1.29, 1.82) is 0 Å². The van der Waals surface area contributed by atoms with E-state index in [1.54, 1.807) is 0 Å². The average Bonchev–Trinajstić information content (AvgIpc) is 2.82. The Morgan fingerprint density at radius 3 is 2.00 bits per heavy atom. The minimum Gasteiger partial charge on any atom is -0.206 e. The quantitative estimate of drug-likeness (QED) is 0.235. The maximum absolute atomic E-state index is 15.2. The lowest BCUT2D eigenvalue weighted by Gasteiger charge is -2.10. The van der Waals surface area contributed by atoms with Gasteiger partial charge < -0.3 is 0 Å². The maximum Gasteiger partial charge on any atom is 0.138 e. The second-order valence-electron chi connectivity index (χ2n) is 8.98. The molecule has 0 N–H and O–H groups in total. The molecular formula is C31H33F. The van der Waals surface area contributed by atoms with E-state index in [1.807, 2.05) is 49.4 Å². The van der Waals surface area contributed by atoms with Gasteiger partial charge in [0.25, 0.3) is 0 Å². The van der Waals surface area contributed by atoms with Crippen LogP contribution < -0.4 is 0 Å².